The molecule has 1 atom stereocenters. The van der Waals surface area contributed by atoms with Gasteiger partial charge in [0.1, 0.15) is 11.4 Å². The lowest BCUT2D eigenvalue weighted by Gasteiger charge is -2.13. The van der Waals surface area contributed by atoms with E-state index in [4.69, 9.17) is 4.74 Å². The van der Waals surface area contributed by atoms with Gasteiger partial charge in [0.05, 0.1) is 7.11 Å². The summed E-state index contributed by atoms with van der Waals surface area (Å²) in [7, 11) is 1.63. The zero-order valence-corrected chi connectivity index (χ0v) is 14.0. The predicted octanol–water partition coefficient (Wildman–Crippen LogP) is 3.93. The molecule has 0 bridgehead atoms. The number of rotatable bonds is 6. The highest BCUT2D eigenvalue weighted by molar-refractivity contribution is 5.98. The maximum Gasteiger partial charge on any atom is 0.267 e. The van der Waals surface area contributed by atoms with Crippen LogP contribution in [0.25, 0.3) is 10.9 Å². The largest absolute Gasteiger partial charge is 0.497 e. The first-order chi connectivity index (χ1) is 11.7. The third-order valence-corrected chi connectivity index (χ3v) is 4.16. The predicted molar refractivity (Wildman–Crippen MR) is 96.5 cm³/mol. The van der Waals surface area contributed by atoms with Crippen LogP contribution in [-0.2, 0) is 6.42 Å². The highest BCUT2D eigenvalue weighted by Gasteiger charge is 2.13. The van der Waals surface area contributed by atoms with E-state index in [2.05, 4.69) is 22.4 Å². The molecule has 0 saturated carbocycles. The minimum atomic E-state index is -0.0780. The Morgan fingerprint density at radius 3 is 2.71 bits per heavy atom. The second-order valence-corrected chi connectivity index (χ2v) is 6.03. The van der Waals surface area contributed by atoms with Gasteiger partial charge >= 0.3 is 0 Å². The second kappa shape index (κ2) is 7.21. The molecule has 0 aliphatic carbocycles. The van der Waals surface area contributed by atoms with Crippen LogP contribution in [0.3, 0.4) is 0 Å². The van der Waals surface area contributed by atoms with Crippen molar-refractivity contribution in [2.24, 2.45) is 0 Å². The Morgan fingerprint density at radius 2 is 1.96 bits per heavy atom. The number of carbonyl (C=O) groups is 1. The number of fused-ring (bicyclic) bond motifs is 1. The minimum absolute atomic E-state index is 0.0780. The Kier molecular flexibility index (Phi) is 4.85. The first kappa shape index (κ1) is 16.1. The Labute approximate surface area is 141 Å². The van der Waals surface area contributed by atoms with Gasteiger partial charge in [0.2, 0.25) is 0 Å². The number of nitrogens with one attached hydrogen (secondary N) is 2. The van der Waals surface area contributed by atoms with Gasteiger partial charge in [-0.25, -0.2) is 0 Å². The van der Waals surface area contributed by atoms with Crippen LogP contribution >= 0.6 is 0 Å². The summed E-state index contributed by atoms with van der Waals surface area (Å²) in [6.07, 6.45) is 1.86. The van der Waals surface area contributed by atoms with E-state index in [1.54, 1.807) is 7.11 Å². The number of aryl methyl sites for hydroxylation is 1. The first-order valence-corrected chi connectivity index (χ1v) is 8.17. The van der Waals surface area contributed by atoms with Gasteiger partial charge in [-0.1, -0.05) is 30.3 Å². The fraction of sp³-hybridized carbons (Fsp3) is 0.250. The normalized spacial score (nSPS) is 12.1. The van der Waals surface area contributed by atoms with E-state index in [9.17, 15) is 4.79 Å². The Hall–Kier alpha value is -2.75. The summed E-state index contributed by atoms with van der Waals surface area (Å²) < 4.78 is 5.22. The molecule has 0 unspecified atom stereocenters. The molecule has 4 heteroatoms. The number of methoxy groups -OCH3 is 1. The zero-order chi connectivity index (χ0) is 16.9. The van der Waals surface area contributed by atoms with Gasteiger partial charge in [-0.15, -0.1) is 0 Å². The molecule has 0 saturated heterocycles. The van der Waals surface area contributed by atoms with Crippen molar-refractivity contribution in [2.45, 2.75) is 25.8 Å². The third kappa shape index (κ3) is 3.77. The lowest BCUT2D eigenvalue weighted by Crippen LogP contribution is -2.33. The number of benzene rings is 2. The number of ether oxygens (including phenoxy) is 1. The molecular formula is C20H22N2O2. The van der Waals surface area contributed by atoms with Gasteiger partial charge in [-0.3, -0.25) is 4.79 Å². The summed E-state index contributed by atoms with van der Waals surface area (Å²) in [5.41, 5.74) is 2.79. The molecule has 1 amide bonds. The van der Waals surface area contributed by atoms with Crippen LogP contribution in [0.1, 0.15) is 29.4 Å². The fourth-order valence-corrected chi connectivity index (χ4v) is 2.76. The van der Waals surface area contributed by atoms with E-state index in [0.717, 1.165) is 29.5 Å². The number of aromatic nitrogens is 1. The lowest BCUT2D eigenvalue weighted by atomic mass is 10.1. The molecule has 24 heavy (non-hydrogen) atoms. The highest BCUT2D eigenvalue weighted by Crippen LogP contribution is 2.21. The van der Waals surface area contributed by atoms with Crippen molar-refractivity contribution in [3.05, 3.63) is 65.9 Å². The second-order valence-electron chi connectivity index (χ2n) is 6.03. The van der Waals surface area contributed by atoms with E-state index < -0.39 is 0 Å². The molecule has 0 aliphatic rings. The molecule has 3 rings (SSSR count). The van der Waals surface area contributed by atoms with Crippen molar-refractivity contribution < 1.29 is 9.53 Å². The Bertz CT molecular complexity index is 824. The highest BCUT2D eigenvalue weighted by atomic mass is 16.5. The van der Waals surface area contributed by atoms with Gasteiger partial charge in [0, 0.05) is 16.9 Å². The molecule has 2 N–H and O–H groups in total. The van der Waals surface area contributed by atoms with Crippen LogP contribution in [0.15, 0.2) is 54.6 Å². The van der Waals surface area contributed by atoms with Gasteiger partial charge in [-0.05, 0) is 49.6 Å². The van der Waals surface area contributed by atoms with Crippen LogP contribution in [-0.4, -0.2) is 24.0 Å². The monoisotopic (exact) mass is 322 g/mol. The molecular weight excluding hydrogens is 300 g/mol. The SMILES string of the molecule is COc1ccc2[nH]c(C(=O)N[C@H](C)CCc3ccccc3)cc2c1. The molecule has 0 spiro atoms. The van der Waals surface area contributed by atoms with Crippen LogP contribution in [0.2, 0.25) is 0 Å². The van der Waals surface area contributed by atoms with Crippen LogP contribution in [0.5, 0.6) is 5.75 Å². The van der Waals surface area contributed by atoms with Crippen molar-refractivity contribution in [2.75, 3.05) is 7.11 Å². The van der Waals surface area contributed by atoms with E-state index >= 15 is 0 Å². The van der Waals surface area contributed by atoms with Crippen LogP contribution in [0.4, 0.5) is 0 Å². The molecule has 2 aromatic carbocycles. The molecule has 124 valence electrons. The lowest BCUT2D eigenvalue weighted by molar-refractivity contribution is 0.0934. The van der Waals surface area contributed by atoms with Crippen molar-refractivity contribution in [3.63, 3.8) is 0 Å². The van der Waals surface area contributed by atoms with Gasteiger partial charge in [0.25, 0.3) is 5.91 Å². The summed E-state index contributed by atoms with van der Waals surface area (Å²) in [5.74, 6) is 0.704. The number of H-pyrrole nitrogens is 1. The van der Waals surface area contributed by atoms with Crippen LogP contribution < -0.4 is 10.1 Å². The van der Waals surface area contributed by atoms with E-state index in [1.165, 1.54) is 5.56 Å². The quantitative estimate of drug-likeness (QED) is 0.722. The molecule has 0 aliphatic heterocycles. The average Bonchev–Trinajstić information content (AvgIpc) is 3.04. The standard InChI is InChI=1S/C20H22N2O2/c1-14(8-9-15-6-4-3-5-7-15)21-20(23)19-13-16-12-17(24-2)10-11-18(16)22-19/h3-7,10-14,22H,8-9H2,1-2H3,(H,21,23)/t14-/m1/s1. The third-order valence-electron chi connectivity index (χ3n) is 4.16. The topological polar surface area (TPSA) is 54.1 Å². The smallest absolute Gasteiger partial charge is 0.267 e. The number of hydrogen-bond acceptors (Lipinski definition) is 2. The number of carbonyl (C=O) groups excluding carboxylic acids is 1. The summed E-state index contributed by atoms with van der Waals surface area (Å²) in [6, 6.07) is 18.0. The first-order valence-electron chi connectivity index (χ1n) is 8.17. The minimum Gasteiger partial charge on any atom is -0.497 e. The van der Waals surface area contributed by atoms with E-state index in [1.807, 2.05) is 49.4 Å². The number of hydrogen-bond donors (Lipinski definition) is 2. The van der Waals surface area contributed by atoms with Gasteiger partial charge in [-0.2, -0.15) is 0 Å². The molecule has 0 fully saturated rings. The maximum atomic E-state index is 12.4. The molecule has 4 nitrogen and oxygen atoms in total. The molecule has 1 aromatic heterocycles. The summed E-state index contributed by atoms with van der Waals surface area (Å²) in [5, 5.41) is 4.02. The van der Waals surface area contributed by atoms with E-state index in [-0.39, 0.29) is 11.9 Å². The van der Waals surface area contributed by atoms with Crippen LogP contribution in [0, 0.1) is 0 Å². The summed E-state index contributed by atoms with van der Waals surface area (Å²) in [4.78, 5) is 15.6. The Balaban J connectivity index is 1.61. The van der Waals surface area contributed by atoms with E-state index in [0.29, 0.717) is 5.69 Å². The number of aromatic amines is 1. The van der Waals surface area contributed by atoms with Crippen molar-refractivity contribution in [1.29, 1.82) is 0 Å². The molecule has 0 radical (unpaired) electrons. The van der Waals surface area contributed by atoms with Crippen molar-refractivity contribution in [3.8, 4) is 5.75 Å². The zero-order valence-electron chi connectivity index (χ0n) is 14.0. The summed E-state index contributed by atoms with van der Waals surface area (Å²) >= 11 is 0. The van der Waals surface area contributed by atoms with Crippen molar-refractivity contribution in [1.82, 2.24) is 10.3 Å². The molecule has 1 heterocycles. The Morgan fingerprint density at radius 1 is 1.17 bits per heavy atom. The maximum absolute atomic E-state index is 12.4. The summed E-state index contributed by atoms with van der Waals surface area (Å²) in [6.45, 7) is 2.03. The van der Waals surface area contributed by atoms with Gasteiger partial charge in [0.15, 0.2) is 0 Å². The molecule has 3 aromatic rings. The number of amides is 1. The van der Waals surface area contributed by atoms with Crippen molar-refractivity contribution >= 4 is 16.8 Å². The van der Waals surface area contributed by atoms with Gasteiger partial charge < -0.3 is 15.0 Å². The fourth-order valence-electron chi connectivity index (χ4n) is 2.76. The average molecular weight is 322 g/mol.